The average molecular weight is 245 g/mol. The highest BCUT2D eigenvalue weighted by molar-refractivity contribution is 5.98. The Morgan fingerprint density at radius 2 is 2.17 bits per heavy atom. The molecule has 0 aliphatic heterocycles. The molecule has 0 bridgehead atoms. The van der Waals surface area contributed by atoms with Crippen molar-refractivity contribution < 1.29 is 4.79 Å². The fourth-order valence-electron chi connectivity index (χ4n) is 1.52. The SMILES string of the molecule is Cc1cccc(NNC(=O)c2n[nH]c(C)c2N)c1. The number of hydrogen-bond acceptors (Lipinski definition) is 4. The molecule has 0 unspecified atom stereocenters. The number of amides is 1. The molecule has 0 spiro atoms. The highest BCUT2D eigenvalue weighted by atomic mass is 16.2. The summed E-state index contributed by atoms with van der Waals surface area (Å²) in [6, 6.07) is 7.64. The highest BCUT2D eigenvalue weighted by Crippen LogP contribution is 2.12. The van der Waals surface area contributed by atoms with Gasteiger partial charge >= 0.3 is 0 Å². The Bertz CT molecular complexity index is 576. The first kappa shape index (κ1) is 12.0. The van der Waals surface area contributed by atoms with Gasteiger partial charge in [0.05, 0.1) is 17.1 Å². The minimum Gasteiger partial charge on any atom is -0.395 e. The van der Waals surface area contributed by atoms with Crippen LogP contribution < -0.4 is 16.6 Å². The van der Waals surface area contributed by atoms with Crippen molar-refractivity contribution in [2.75, 3.05) is 11.2 Å². The van der Waals surface area contributed by atoms with Gasteiger partial charge in [-0.3, -0.25) is 20.7 Å². The Labute approximate surface area is 105 Å². The molecule has 1 amide bonds. The van der Waals surface area contributed by atoms with Crippen LogP contribution in [0.15, 0.2) is 24.3 Å². The molecule has 1 aromatic heterocycles. The van der Waals surface area contributed by atoms with Crippen molar-refractivity contribution >= 4 is 17.3 Å². The van der Waals surface area contributed by atoms with E-state index in [4.69, 9.17) is 5.73 Å². The van der Waals surface area contributed by atoms with Crippen LogP contribution in [0.5, 0.6) is 0 Å². The van der Waals surface area contributed by atoms with Gasteiger partial charge in [0.25, 0.3) is 5.91 Å². The maximum absolute atomic E-state index is 11.8. The second kappa shape index (κ2) is 4.79. The first-order chi connectivity index (χ1) is 8.58. The van der Waals surface area contributed by atoms with Crippen LogP contribution in [0.1, 0.15) is 21.7 Å². The number of benzene rings is 1. The Kier molecular flexibility index (Phi) is 3.18. The van der Waals surface area contributed by atoms with Gasteiger partial charge in [0, 0.05) is 0 Å². The molecule has 0 saturated heterocycles. The number of aromatic amines is 1. The van der Waals surface area contributed by atoms with Gasteiger partial charge < -0.3 is 5.73 Å². The van der Waals surface area contributed by atoms with Crippen molar-refractivity contribution in [2.24, 2.45) is 0 Å². The van der Waals surface area contributed by atoms with Crippen LogP contribution in [-0.4, -0.2) is 16.1 Å². The minimum absolute atomic E-state index is 0.188. The van der Waals surface area contributed by atoms with E-state index in [1.165, 1.54) is 0 Å². The summed E-state index contributed by atoms with van der Waals surface area (Å²) in [6.07, 6.45) is 0. The second-order valence-electron chi connectivity index (χ2n) is 4.06. The van der Waals surface area contributed by atoms with Crippen molar-refractivity contribution in [1.29, 1.82) is 0 Å². The zero-order chi connectivity index (χ0) is 13.1. The second-order valence-corrected chi connectivity index (χ2v) is 4.06. The molecular weight excluding hydrogens is 230 g/mol. The van der Waals surface area contributed by atoms with E-state index < -0.39 is 0 Å². The van der Waals surface area contributed by atoms with Crippen LogP contribution in [0.2, 0.25) is 0 Å². The zero-order valence-electron chi connectivity index (χ0n) is 10.2. The molecule has 1 aromatic carbocycles. The highest BCUT2D eigenvalue weighted by Gasteiger charge is 2.14. The number of aromatic nitrogens is 2. The lowest BCUT2D eigenvalue weighted by atomic mass is 10.2. The molecule has 0 aliphatic carbocycles. The van der Waals surface area contributed by atoms with E-state index in [0.717, 1.165) is 11.3 Å². The molecule has 0 aliphatic rings. The first-order valence-corrected chi connectivity index (χ1v) is 5.51. The minimum atomic E-state index is -0.377. The Morgan fingerprint density at radius 3 is 2.78 bits per heavy atom. The van der Waals surface area contributed by atoms with E-state index in [9.17, 15) is 4.79 Å². The summed E-state index contributed by atoms with van der Waals surface area (Å²) < 4.78 is 0. The standard InChI is InChI=1S/C12H15N5O/c1-7-4-3-5-9(6-7)15-17-12(18)11-10(13)8(2)14-16-11/h3-6,15H,13H2,1-2H3,(H,14,16)(H,17,18). The van der Waals surface area contributed by atoms with E-state index in [2.05, 4.69) is 21.0 Å². The molecule has 0 saturated carbocycles. The molecule has 94 valence electrons. The number of carbonyl (C=O) groups excluding carboxylic acids is 1. The summed E-state index contributed by atoms with van der Waals surface area (Å²) in [7, 11) is 0. The smallest absolute Gasteiger partial charge is 0.292 e. The van der Waals surface area contributed by atoms with Gasteiger partial charge in [0.2, 0.25) is 0 Å². The summed E-state index contributed by atoms with van der Waals surface area (Å²) in [5, 5.41) is 6.50. The van der Waals surface area contributed by atoms with Crippen molar-refractivity contribution in [2.45, 2.75) is 13.8 Å². The third-order valence-corrected chi connectivity index (χ3v) is 2.55. The van der Waals surface area contributed by atoms with Crippen molar-refractivity contribution in [3.63, 3.8) is 0 Å². The predicted molar refractivity (Wildman–Crippen MR) is 70.0 cm³/mol. The maximum atomic E-state index is 11.8. The number of aryl methyl sites for hydroxylation is 2. The molecule has 6 heteroatoms. The van der Waals surface area contributed by atoms with E-state index in [0.29, 0.717) is 11.4 Å². The third-order valence-electron chi connectivity index (χ3n) is 2.55. The number of rotatable bonds is 3. The van der Waals surface area contributed by atoms with Gasteiger partial charge in [-0.05, 0) is 31.5 Å². The number of nitrogens with one attached hydrogen (secondary N) is 3. The quantitative estimate of drug-likeness (QED) is 0.614. The van der Waals surface area contributed by atoms with Crippen LogP contribution >= 0.6 is 0 Å². The van der Waals surface area contributed by atoms with E-state index in [1.54, 1.807) is 6.92 Å². The number of hydrogen-bond donors (Lipinski definition) is 4. The monoisotopic (exact) mass is 245 g/mol. The summed E-state index contributed by atoms with van der Waals surface area (Å²) in [5.74, 6) is -0.377. The first-order valence-electron chi connectivity index (χ1n) is 5.51. The van der Waals surface area contributed by atoms with Crippen molar-refractivity contribution in [3.05, 3.63) is 41.2 Å². The molecule has 0 radical (unpaired) electrons. The Hall–Kier alpha value is -2.50. The number of nitrogen functional groups attached to an aromatic ring is 1. The van der Waals surface area contributed by atoms with Crippen LogP contribution in [-0.2, 0) is 0 Å². The van der Waals surface area contributed by atoms with Crippen LogP contribution in [0, 0.1) is 13.8 Å². The lowest BCUT2D eigenvalue weighted by molar-refractivity contribution is 0.0958. The number of anilines is 2. The van der Waals surface area contributed by atoms with Gasteiger partial charge in [0.1, 0.15) is 0 Å². The third kappa shape index (κ3) is 2.42. The summed E-state index contributed by atoms with van der Waals surface area (Å²) >= 11 is 0. The van der Waals surface area contributed by atoms with Crippen LogP contribution in [0.25, 0.3) is 0 Å². The fourth-order valence-corrected chi connectivity index (χ4v) is 1.52. The maximum Gasteiger partial charge on any atom is 0.292 e. The van der Waals surface area contributed by atoms with E-state index in [-0.39, 0.29) is 11.6 Å². The van der Waals surface area contributed by atoms with Crippen LogP contribution in [0.4, 0.5) is 11.4 Å². The fraction of sp³-hybridized carbons (Fsp3) is 0.167. The van der Waals surface area contributed by atoms with Crippen molar-refractivity contribution in [3.8, 4) is 0 Å². The molecule has 18 heavy (non-hydrogen) atoms. The lowest BCUT2D eigenvalue weighted by Gasteiger charge is -2.08. The molecule has 2 rings (SSSR count). The lowest BCUT2D eigenvalue weighted by Crippen LogP contribution is -2.30. The normalized spacial score (nSPS) is 10.1. The number of carbonyl (C=O) groups is 1. The Balaban J connectivity index is 2.03. The molecule has 0 fully saturated rings. The number of nitrogens with two attached hydrogens (primary N) is 1. The summed E-state index contributed by atoms with van der Waals surface area (Å²) in [5.41, 5.74) is 14.2. The molecule has 1 heterocycles. The number of hydrazine groups is 1. The Morgan fingerprint density at radius 1 is 1.39 bits per heavy atom. The van der Waals surface area contributed by atoms with E-state index in [1.807, 2.05) is 31.2 Å². The van der Waals surface area contributed by atoms with Crippen LogP contribution in [0.3, 0.4) is 0 Å². The number of H-pyrrole nitrogens is 1. The van der Waals surface area contributed by atoms with Gasteiger partial charge in [-0.1, -0.05) is 12.1 Å². The topological polar surface area (TPSA) is 95.8 Å². The molecule has 2 aromatic rings. The summed E-state index contributed by atoms with van der Waals surface area (Å²) in [6.45, 7) is 3.73. The van der Waals surface area contributed by atoms with Gasteiger partial charge in [-0.2, -0.15) is 5.10 Å². The largest absolute Gasteiger partial charge is 0.395 e. The number of nitrogens with zero attached hydrogens (tertiary/aromatic N) is 1. The molecule has 0 atom stereocenters. The van der Waals surface area contributed by atoms with Gasteiger partial charge in [-0.25, -0.2) is 0 Å². The zero-order valence-corrected chi connectivity index (χ0v) is 10.2. The van der Waals surface area contributed by atoms with Gasteiger partial charge in [0.15, 0.2) is 5.69 Å². The van der Waals surface area contributed by atoms with E-state index >= 15 is 0 Å². The molecule has 6 nitrogen and oxygen atoms in total. The molecular formula is C12H15N5O. The van der Waals surface area contributed by atoms with Gasteiger partial charge in [-0.15, -0.1) is 0 Å². The predicted octanol–water partition coefficient (Wildman–Crippen LogP) is 1.37. The molecule has 5 N–H and O–H groups in total. The average Bonchev–Trinajstić information content (AvgIpc) is 2.67. The van der Waals surface area contributed by atoms with Crippen molar-refractivity contribution in [1.82, 2.24) is 15.6 Å². The summed E-state index contributed by atoms with van der Waals surface area (Å²) in [4.78, 5) is 11.8.